The number of fused-ring (bicyclic) bond motifs is 1. The summed E-state index contributed by atoms with van der Waals surface area (Å²) in [5, 5.41) is 15.8. The molecule has 0 fully saturated rings. The minimum atomic E-state index is -0.481. The smallest absolute Gasteiger partial charge is 0.315 e. The number of rotatable bonds is 4. The van der Waals surface area contributed by atoms with Crippen LogP contribution in [0, 0.1) is 10.1 Å². The Hall–Kier alpha value is -1.60. The van der Waals surface area contributed by atoms with E-state index in [0.717, 1.165) is 0 Å². The van der Waals surface area contributed by atoms with Crippen LogP contribution in [0.5, 0.6) is 0 Å². The molecule has 6 nitrogen and oxygen atoms in total. The van der Waals surface area contributed by atoms with Crippen molar-refractivity contribution in [3.63, 3.8) is 0 Å². The highest BCUT2D eigenvalue weighted by Gasteiger charge is 2.18. The summed E-state index contributed by atoms with van der Waals surface area (Å²) >= 11 is 1.42. The first-order valence-electron chi connectivity index (χ1n) is 4.59. The number of nitro groups is 1. The Morgan fingerprint density at radius 1 is 1.56 bits per heavy atom. The van der Waals surface area contributed by atoms with Gasteiger partial charge in [0.1, 0.15) is 5.03 Å². The van der Waals surface area contributed by atoms with E-state index in [1.807, 2.05) is 0 Å². The zero-order valence-corrected chi connectivity index (χ0v) is 9.07. The number of non-ortho nitro benzene ring substituents is 1. The third kappa shape index (κ3) is 1.86. The summed E-state index contributed by atoms with van der Waals surface area (Å²) in [5.41, 5.74) is 5.53. The van der Waals surface area contributed by atoms with Crippen molar-refractivity contribution in [2.45, 2.75) is 5.03 Å². The highest BCUT2D eigenvalue weighted by Crippen LogP contribution is 2.32. The molecular formula is C9H9N3O3S. The lowest BCUT2D eigenvalue weighted by molar-refractivity contribution is -0.383. The zero-order valence-electron chi connectivity index (χ0n) is 8.25. The molecule has 2 aromatic rings. The molecule has 84 valence electrons. The first-order chi connectivity index (χ1) is 7.74. The van der Waals surface area contributed by atoms with Gasteiger partial charge in [0.25, 0.3) is 0 Å². The fourth-order valence-electron chi connectivity index (χ4n) is 1.33. The average Bonchev–Trinajstić information content (AvgIpc) is 2.69. The van der Waals surface area contributed by atoms with Gasteiger partial charge in [0, 0.05) is 18.4 Å². The summed E-state index contributed by atoms with van der Waals surface area (Å²) < 4.78 is 4.99. The van der Waals surface area contributed by atoms with Crippen molar-refractivity contribution in [2.24, 2.45) is 5.73 Å². The third-order valence-corrected chi connectivity index (χ3v) is 3.01. The van der Waals surface area contributed by atoms with E-state index < -0.39 is 4.92 Å². The van der Waals surface area contributed by atoms with Crippen LogP contribution in [0.2, 0.25) is 0 Å². The van der Waals surface area contributed by atoms with Crippen LogP contribution in [0.1, 0.15) is 0 Å². The molecule has 0 aliphatic carbocycles. The van der Waals surface area contributed by atoms with Crippen LogP contribution >= 0.6 is 11.8 Å². The fraction of sp³-hybridized carbons (Fsp3) is 0.222. The Morgan fingerprint density at radius 3 is 3.06 bits per heavy atom. The second-order valence-corrected chi connectivity index (χ2v) is 4.12. The minimum absolute atomic E-state index is 0.0652. The first kappa shape index (κ1) is 10.9. The Morgan fingerprint density at radius 2 is 2.38 bits per heavy atom. The molecule has 16 heavy (non-hydrogen) atoms. The van der Waals surface area contributed by atoms with Gasteiger partial charge in [0.15, 0.2) is 0 Å². The van der Waals surface area contributed by atoms with Crippen LogP contribution in [0.4, 0.5) is 5.69 Å². The lowest BCUT2D eigenvalue weighted by atomic mass is 10.2. The number of hydrogen-bond donors (Lipinski definition) is 1. The molecule has 1 aromatic heterocycles. The molecule has 0 aliphatic rings. The number of thioether (sulfide) groups is 1. The number of aromatic nitrogens is 1. The average molecular weight is 239 g/mol. The predicted molar refractivity (Wildman–Crippen MR) is 60.4 cm³/mol. The van der Waals surface area contributed by atoms with Gasteiger partial charge in [0.2, 0.25) is 5.58 Å². The van der Waals surface area contributed by atoms with Gasteiger partial charge in [-0.15, -0.1) is 11.8 Å². The standard InChI is InChI=1S/C9H9N3O3S/c10-4-5-16-9-6-2-1-3-7(12(13)14)8(6)15-11-9/h1-3H,4-5,10H2. The normalized spacial score (nSPS) is 10.8. The summed E-state index contributed by atoms with van der Waals surface area (Å²) in [6.45, 7) is 0.522. The summed E-state index contributed by atoms with van der Waals surface area (Å²) in [4.78, 5) is 10.2. The van der Waals surface area contributed by atoms with Gasteiger partial charge in [-0.1, -0.05) is 11.2 Å². The van der Waals surface area contributed by atoms with E-state index in [1.54, 1.807) is 12.1 Å². The van der Waals surface area contributed by atoms with Gasteiger partial charge >= 0.3 is 5.69 Å². The number of benzene rings is 1. The topological polar surface area (TPSA) is 95.2 Å². The van der Waals surface area contributed by atoms with Crippen LogP contribution in [-0.4, -0.2) is 22.4 Å². The van der Waals surface area contributed by atoms with Crippen molar-refractivity contribution in [1.82, 2.24) is 5.16 Å². The predicted octanol–water partition coefficient (Wildman–Crippen LogP) is 1.79. The van der Waals surface area contributed by atoms with Crippen LogP contribution in [-0.2, 0) is 0 Å². The van der Waals surface area contributed by atoms with Crippen molar-refractivity contribution in [3.8, 4) is 0 Å². The quantitative estimate of drug-likeness (QED) is 0.496. The molecule has 0 bridgehead atoms. The molecule has 7 heteroatoms. The second-order valence-electron chi connectivity index (χ2n) is 3.04. The monoisotopic (exact) mass is 239 g/mol. The zero-order chi connectivity index (χ0) is 11.5. The highest BCUT2D eigenvalue weighted by atomic mass is 32.2. The van der Waals surface area contributed by atoms with Crippen molar-refractivity contribution in [2.75, 3.05) is 12.3 Å². The lowest BCUT2D eigenvalue weighted by Crippen LogP contribution is -2.00. The van der Waals surface area contributed by atoms with E-state index in [0.29, 0.717) is 22.7 Å². The van der Waals surface area contributed by atoms with Crippen molar-refractivity contribution in [3.05, 3.63) is 28.3 Å². The molecular weight excluding hydrogens is 230 g/mol. The van der Waals surface area contributed by atoms with Crippen LogP contribution in [0.3, 0.4) is 0 Å². The summed E-state index contributed by atoms with van der Waals surface area (Å²) in [5.74, 6) is 0.699. The van der Waals surface area contributed by atoms with Crippen LogP contribution in [0.15, 0.2) is 27.7 Å². The lowest BCUT2D eigenvalue weighted by Gasteiger charge is -1.93. The Labute approximate surface area is 94.9 Å². The maximum Gasteiger partial charge on any atom is 0.315 e. The van der Waals surface area contributed by atoms with Gasteiger partial charge in [0.05, 0.1) is 10.3 Å². The molecule has 2 rings (SSSR count). The third-order valence-electron chi connectivity index (χ3n) is 2.00. The number of nitrogens with two attached hydrogens (primary N) is 1. The highest BCUT2D eigenvalue weighted by molar-refractivity contribution is 7.99. The first-order valence-corrected chi connectivity index (χ1v) is 5.58. The Balaban J connectivity index is 2.48. The SMILES string of the molecule is NCCSc1noc2c([N+](=O)[O-])cccc12. The van der Waals surface area contributed by atoms with E-state index in [-0.39, 0.29) is 11.3 Å². The molecule has 0 radical (unpaired) electrons. The van der Waals surface area contributed by atoms with Gasteiger partial charge in [-0.05, 0) is 6.07 Å². The molecule has 0 unspecified atom stereocenters. The van der Waals surface area contributed by atoms with Crippen molar-refractivity contribution < 1.29 is 9.45 Å². The van der Waals surface area contributed by atoms with Gasteiger partial charge < -0.3 is 10.3 Å². The number of nitrogens with zero attached hydrogens (tertiary/aromatic N) is 2. The van der Waals surface area contributed by atoms with Gasteiger partial charge in [-0.3, -0.25) is 10.1 Å². The van der Waals surface area contributed by atoms with Crippen molar-refractivity contribution >= 4 is 28.4 Å². The Bertz CT molecular complexity index is 526. The van der Waals surface area contributed by atoms with E-state index in [2.05, 4.69) is 5.16 Å². The van der Waals surface area contributed by atoms with Gasteiger partial charge in [-0.25, -0.2) is 0 Å². The minimum Gasteiger partial charge on any atom is -0.348 e. The Kier molecular flexibility index (Phi) is 3.07. The maximum absolute atomic E-state index is 10.7. The van der Waals surface area contributed by atoms with Crippen LogP contribution in [0.25, 0.3) is 11.0 Å². The molecule has 0 amide bonds. The van der Waals surface area contributed by atoms with E-state index in [1.165, 1.54) is 17.8 Å². The molecule has 2 N–H and O–H groups in total. The van der Waals surface area contributed by atoms with Crippen LogP contribution < -0.4 is 5.73 Å². The number of hydrogen-bond acceptors (Lipinski definition) is 6. The van der Waals surface area contributed by atoms with E-state index >= 15 is 0 Å². The van der Waals surface area contributed by atoms with Crippen molar-refractivity contribution in [1.29, 1.82) is 0 Å². The molecule has 1 heterocycles. The summed E-state index contributed by atoms with van der Waals surface area (Å²) in [7, 11) is 0. The number of nitro benzene ring substituents is 1. The fourth-order valence-corrected chi connectivity index (χ4v) is 2.05. The van der Waals surface area contributed by atoms with Gasteiger partial charge in [-0.2, -0.15) is 0 Å². The molecule has 1 aromatic carbocycles. The summed E-state index contributed by atoms with van der Waals surface area (Å²) in [6, 6.07) is 4.76. The second kappa shape index (κ2) is 4.50. The molecule has 0 saturated heterocycles. The molecule has 0 spiro atoms. The molecule has 0 atom stereocenters. The molecule has 0 aliphatic heterocycles. The van der Waals surface area contributed by atoms with E-state index in [4.69, 9.17) is 10.3 Å². The summed E-state index contributed by atoms with van der Waals surface area (Å²) in [6.07, 6.45) is 0. The largest absolute Gasteiger partial charge is 0.348 e. The number of para-hydroxylation sites is 1. The molecule has 0 saturated carbocycles. The van der Waals surface area contributed by atoms with E-state index in [9.17, 15) is 10.1 Å². The maximum atomic E-state index is 10.7.